The Kier molecular flexibility index (Phi) is 8.49. The summed E-state index contributed by atoms with van der Waals surface area (Å²) in [5.74, 6) is -0.0677. The molecule has 0 N–H and O–H groups in total. The zero-order valence-electron chi connectivity index (χ0n) is 22.9. The summed E-state index contributed by atoms with van der Waals surface area (Å²) >= 11 is 0. The average molecular weight is 568 g/mol. The van der Waals surface area contributed by atoms with Crippen LogP contribution in [0, 0.1) is 5.92 Å². The van der Waals surface area contributed by atoms with Crippen molar-refractivity contribution in [1.29, 1.82) is 0 Å². The topological polar surface area (TPSA) is 62.7 Å². The van der Waals surface area contributed by atoms with E-state index in [-0.39, 0.29) is 30.4 Å². The highest BCUT2D eigenvalue weighted by Gasteiger charge is 2.37. The molecule has 3 aromatic rings. The Balaban J connectivity index is 1.36. The number of ether oxygens (including phenoxy) is 1. The monoisotopic (exact) mass is 567 g/mol. The zero-order chi connectivity index (χ0) is 28.3. The van der Waals surface area contributed by atoms with Crippen LogP contribution in [0.5, 0.6) is 11.5 Å². The van der Waals surface area contributed by atoms with Gasteiger partial charge < -0.3 is 14.5 Å². The molecular formula is C31H35F2N3O3S. The van der Waals surface area contributed by atoms with Crippen molar-refractivity contribution in [1.82, 2.24) is 9.88 Å². The summed E-state index contributed by atoms with van der Waals surface area (Å²) in [5.41, 5.74) is 2.20. The van der Waals surface area contributed by atoms with Crippen molar-refractivity contribution in [3.63, 3.8) is 0 Å². The van der Waals surface area contributed by atoms with Crippen LogP contribution < -0.4 is 9.64 Å². The number of carbonyl (C=O) groups excluding carboxylic acids is 1. The maximum Gasteiger partial charge on any atom is 0.273 e. The largest absolute Gasteiger partial charge is 0.457 e. The van der Waals surface area contributed by atoms with Crippen molar-refractivity contribution in [2.45, 2.75) is 44.6 Å². The van der Waals surface area contributed by atoms with Crippen molar-refractivity contribution in [2.24, 2.45) is 5.92 Å². The fourth-order valence-electron chi connectivity index (χ4n) is 5.54. The van der Waals surface area contributed by atoms with Gasteiger partial charge in [0, 0.05) is 67.0 Å². The van der Waals surface area contributed by atoms with Crippen molar-refractivity contribution >= 4 is 22.5 Å². The van der Waals surface area contributed by atoms with E-state index in [1.807, 2.05) is 41.3 Å². The number of amides is 1. The first-order valence-corrected chi connectivity index (χ1v) is 15.5. The minimum Gasteiger partial charge on any atom is -0.457 e. The van der Waals surface area contributed by atoms with Gasteiger partial charge in [-0.05, 0) is 78.4 Å². The van der Waals surface area contributed by atoms with Crippen LogP contribution in [0.3, 0.4) is 0 Å². The molecule has 2 atom stereocenters. The predicted octanol–water partition coefficient (Wildman–Crippen LogP) is 6.10. The summed E-state index contributed by atoms with van der Waals surface area (Å²) in [5, 5.41) is 0. The summed E-state index contributed by atoms with van der Waals surface area (Å²) in [6, 6.07) is 17.6. The highest BCUT2D eigenvalue weighted by molar-refractivity contribution is 7.84. The van der Waals surface area contributed by atoms with Crippen LogP contribution in [0.25, 0.3) is 0 Å². The number of anilines is 1. The number of aromatic nitrogens is 1. The van der Waals surface area contributed by atoms with Crippen LogP contribution in [0.4, 0.5) is 14.6 Å². The highest BCUT2D eigenvalue weighted by atomic mass is 32.2. The summed E-state index contributed by atoms with van der Waals surface area (Å²) in [7, 11) is -1.04. The third-order valence-electron chi connectivity index (χ3n) is 7.84. The second-order valence-electron chi connectivity index (χ2n) is 10.6. The Morgan fingerprint density at radius 3 is 2.52 bits per heavy atom. The molecule has 0 saturated carbocycles. The van der Waals surface area contributed by atoms with Crippen LogP contribution in [0.1, 0.15) is 48.9 Å². The molecule has 0 aliphatic carbocycles. The maximum absolute atomic E-state index is 14.0. The van der Waals surface area contributed by atoms with E-state index in [2.05, 4.69) is 9.88 Å². The van der Waals surface area contributed by atoms with Crippen LogP contribution in [0.2, 0.25) is 0 Å². The lowest BCUT2D eigenvalue weighted by molar-refractivity contribution is -0.134. The van der Waals surface area contributed by atoms with Gasteiger partial charge in [0.2, 0.25) is 5.91 Å². The molecule has 2 aromatic carbocycles. The SMILES string of the molecule is CCC(F)(F)c1ccc(Oc2ccc3c(c2)C(CC2CN(c4ccccn4)C2)N(C(=O)CCS(C)=O)CC3)cc1. The highest BCUT2D eigenvalue weighted by Crippen LogP contribution is 2.40. The molecule has 1 amide bonds. The Morgan fingerprint density at radius 1 is 1.10 bits per heavy atom. The number of alkyl halides is 2. The smallest absolute Gasteiger partial charge is 0.273 e. The molecule has 2 aliphatic heterocycles. The Bertz CT molecular complexity index is 1350. The summed E-state index contributed by atoms with van der Waals surface area (Å²) in [4.78, 5) is 21.9. The van der Waals surface area contributed by atoms with Gasteiger partial charge in [0.05, 0.1) is 6.04 Å². The first kappa shape index (κ1) is 28.2. The molecular weight excluding hydrogens is 532 g/mol. The van der Waals surface area contributed by atoms with Gasteiger partial charge in [-0.15, -0.1) is 0 Å². The van der Waals surface area contributed by atoms with E-state index in [4.69, 9.17) is 4.74 Å². The Labute approximate surface area is 236 Å². The van der Waals surface area contributed by atoms with Gasteiger partial charge in [-0.2, -0.15) is 0 Å². The molecule has 0 bridgehead atoms. The van der Waals surface area contributed by atoms with E-state index in [1.165, 1.54) is 24.6 Å². The molecule has 1 aromatic heterocycles. The number of pyridine rings is 1. The van der Waals surface area contributed by atoms with Crippen LogP contribution in [0.15, 0.2) is 66.9 Å². The molecule has 212 valence electrons. The minimum atomic E-state index is -2.87. The van der Waals surface area contributed by atoms with Crippen molar-refractivity contribution in [2.75, 3.05) is 36.5 Å². The fourth-order valence-corrected chi connectivity index (χ4v) is 6.00. The number of carbonyl (C=O) groups is 1. The molecule has 0 spiro atoms. The molecule has 2 unspecified atom stereocenters. The van der Waals surface area contributed by atoms with Gasteiger partial charge in [-0.1, -0.05) is 19.1 Å². The summed E-state index contributed by atoms with van der Waals surface area (Å²) in [6.45, 7) is 3.82. The number of halogens is 2. The molecule has 0 radical (unpaired) electrons. The quantitative estimate of drug-likeness (QED) is 0.296. The third kappa shape index (κ3) is 6.35. The molecule has 40 heavy (non-hydrogen) atoms. The minimum absolute atomic E-state index is 0.0190. The lowest BCUT2D eigenvalue weighted by Crippen LogP contribution is -2.50. The van der Waals surface area contributed by atoms with E-state index >= 15 is 0 Å². The van der Waals surface area contributed by atoms with Gasteiger partial charge in [-0.3, -0.25) is 9.00 Å². The number of rotatable bonds is 10. The predicted molar refractivity (Wildman–Crippen MR) is 153 cm³/mol. The van der Waals surface area contributed by atoms with Crippen LogP contribution in [-0.2, 0) is 27.9 Å². The molecule has 9 heteroatoms. The van der Waals surface area contributed by atoms with Gasteiger partial charge in [0.1, 0.15) is 17.3 Å². The van der Waals surface area contributed by atoms with E-state index in [1.54, 1.807) is 24.6 Å². The van der Waals surface area contributed by atoms with Gasteiger partial charge in [0.15, 0.2) is 0 Å². The van der Waals surface area contributed by atoms with Crippen LogP contribution >= 0.6 is 0 Å². The fraction of sp³-hybridized carbons (Fsp3) is 0.419. The molecule has 6 nitrogen and oxygen atoms in total. The first-order chi connectivity index (χ1) is 19.2. The summed E-state index contributed by atoms with van der Waals surface area (Å²) in [6.07, 6.45) is 4.95. The molecule has 3 heterocycles. The summed E-state index contributed by atoms with van der Waals surface area (Å²) < 4.78 is 45.9. The van der Waals surface area contributed by atoms with E-state index in [9.17, 15) is 17.8 Å². The lowest BCUT2D eigenvalue weighted by atomic mass is 9.83. The second-order valence-corrected chi connectivity index (χ2v) is 12.2. The van der Waals surface area contributed by atoms with E-state index in [0.29, 0.717) is 29.7 Å². The van der Waals surface area contributed by atoms with Crippen molar-refractivity contribution in [3.05, 3.63) is 83.6 Å². The number of fused-ring (bicyclic) bond motifs is 1. The van der Waals surface area contributed by atoms with Gasteiger partial charge in [0.25, 0.3) is 5.92 Å². The number of benzene rings is 2. The second kappa shape index (κ2) is 12.0. The standard InChI is InChI=1S/C31H35F2N3O3S/c1-3-31(32,33)24-8-11-25(12-9-24)39-26-10-7-23-13-16-36(30(37)14-17-40(2)38)28(27(23)19-26)18-22-20-35(21-22)29-6-4-5-15-34-29/h4-12,15,19,22,28H,3,13-14,16-18,20-21H2,1-2H3. The van der Waals surface area contributed by atoms with E-state index < -0.39 is 16.7 Å². The first-order valence-electron chi connectivity index (χ1n) is 13.8. The van der Waals surface area contributed by atoms with Crippen molar-refractivity contribution in [3.8, 4) is 11.5 Å². The van der Waals surface area contributed by atoms with Gasteiger partial charge in [-0.25, -0.2) is 13.8 Å². The number of nitrogens with zero attached hydrogens (tertiary/aromatic N) is 3. The maximum atomic E-state index is 14.0. The Hall–Kier alpha value is -3.33. The van der Waals surface area contributed by atoms with Crippen molar-refractivity contribution < 1.29 is 22.5 Å². The van der Waals surface area contributed by atoms with Gasteiger partial charge >= 0.3 is 0 Å². The molecule has 5 rings (SSSR count). The lowest BCUT2D eigenvalue weighted by Gasteiger charge is -2.45. The molecule has 1 saturated heterocycles. The average Bonchev–Trinajstić information content (AvgIpc) is 2.94. The van der Waals surface area contributed by atoms with Crippen LogP contribution in [-0.4, -0.2) is 51.6 Å². The van der Waals surface area contributed by atoms with E-state index in [0.717, 1.165) is 37.3 Å². The zero-order valence-corrected chi connectivity index (χ0v) is 23.7. The molecule has 1 fully saturated rings. The molecule has 2 aliphatic rings. The third-order valence-corrected chi connectivity index (χ3v) is 8.62. The Morgan fingerprint density at radius 2 is 1.85 bits per heavy atom. The normalized spacial score (nSPS) is 18.1. The number of hydrogen-bond donors (Lipinski definition) is 0. The number of hydrogen-bond acceptors (Lipinski definition) is 5.